The van der Waals surface area contributed by atoms with Gasteiger partial charge in [-0.2, -0.15) is 11.8 Å². The van der Waals surface area contributed by atoms with Gasteiger partial charge in [-0.05, 0) is 17.7 Å². The molecule has 0 bridgehead atoms. The predicted molar refractivity (Wildman–Crippen MR) is 85.7 cm³/mol. The average Bonchev–Trinajstić information content (AvgIpc) is 2.90. The van der Waals surface area contributed by atoms with E-state index in [4.69, 9.17) is 5.11 Å². The van der Waals surface area contributed by atoms with Crippen molar-refractivity contribution in [3.63, 3.8) is 0 Å². The highest BCUT2D eigenvalue weighted by Crippen LogP contribution is 2.29. The lowest BCUT2D eigenvalue weighted by Gasteiger charge is -2.01. The summed E-state index contributed by atoms with van der Waals surface area (Å²) in [4.78, 5) is 16.0. The van der Waals surface area contributed by atoms with Crippen molar-refractivity contribution in [1.82, 2.24) is 4.98 Å². The Bertz CT molecular complexity index is 590. The Morgan fingerprint density at radius 3 is 2.50 bits per heavy atom. The Morgan fingerprint density at radius 1 is 1.30 bits per heavy atom. The number of carboxylic acid groups (broad SMARTS) is 1. The molecule has 2 aromatic rings. The lowest BCUT2D eigenvalue weighted by molar-refractivity contribution is 0.0701. The van der Waals surface area contributed by atoms with E-state index < -0.39 is 5.97 Å². The van der Waals surface area contributed by atoms with Crippen LogP contribution in [0, 0.1) is 0 Å². The molecule has 1 heterocycles. The summed E-state index contributed by atoms with van der Waals surface area (Å²) in [5.41, 5.74) is 2.94. The molecule has 0 fully saturated rings. The number of hydrogen-bond donors (Lipinski definition) is 1. The van der Waals surface area contributed by atoms with Crippen molar-refractivity contribution in [3.05, 3.63) is 40.4 Å². The molecule has 3 nitrogen and oxygen atoms in total. The van der Waals surface area contributed by atoms with Crippen LogP contribution < -0.4 is 0 Å². The zero-order chi connectivity index (χ0) is 14.5. The number of aromatic nitrogens is 1. The quantitative estimate of drug-likeness (QED) is 0.863. The number of benzene rings is 1. The second-order valence-electron chi connectivity index (χ2n) is 4.29. The molecule has 0 aliphatic carbocycles. The van der Waals surface area contributed by atoms with Crippen LogP contribution in [0.25, 0.3) is 10.6 Å². The Morgan fingerprint density at radius 2 is 2.00 bits per heavy atom. The number of aryl methyl sites for hydroxylation is 1. The molecular formula is C15H17NO2S2. The third-order valence-electron chi connectivity index (χ3n) is 2.90. The molecule has 0 aliphatic heterocycles. The zero-order valence-corrected chi connectivity index (χ0v) is 13.2. The van der Waals surface area contributed by atoms with Crippen LogP contribution in [0.15, 0.2) is 24.3 Å². The summed E-state index contributed by atoms with van der Waals surface area (Å²) in [7, 11) is 0. The molecule has 20 heavy (non-hydrogen) atoms. The van der Waals surface area contributed by atoms with Gasteiger partial charge in [0.25, 0.3) is 0 Å². The first-order chi connectivity index (χ1) is 9.65. The van der Waals surface area contributed by atoms with Crippen molar-refractivity contribution in [2.45, 2.75) is 26.0 Å². The van der Waals surface area contributed by atoms with E-state index in [0.717, 1.165) is 22.1 Å². The van der Waals surface area contributed by atoms with E-state index in [1.807, 2.05) is 30.8 Å². The molecule has 0 saturated carbocycles. The largest absolute Gasteiger partial charge is 0.477 e. The highest BCUT2D eigenvalue weighted by molar-refractivity contribution is 7.98. The van der Waals surface area contributed by atoms with Gasteiger partial charge < -0.3 is 5.11 Å². The van der Waals surface area contributed by atoms with E-state index in [9.17, 15) is 4.79 Å². The first-order valence-corrected chi connectivity index (χ1v) is 8.52. The SMILES string of the molecule is CCSCc1ccc(-c2nc(CC)c(C(=O)O)s2)cc1. The van der Waals surface area contributed by atoms with Crippen LogP contribution in [0.1, 0.15) is 34.8 Å². The van der Waals surface area contributed by atoms with E-state index in [1.54, 1.807) is 0 Å². The minimum Gasteiger partial charge on any atom is -0.477 e. The van der Waals surface area contributed by atoms with E-state index in [2.05, 4.69) is 24.0 Å². The predicted octanol–water partition coefficient (Wildman–Crippen LogP) is 4.32. The van der Waals surface area contributed by atoms with Crippen molar-refractivity contribution in [2.24, 2.45) is 0 Å². The van der Waals surface area contributed by atoms with Crippen LogP contribution in [0.3, 0.4) is 0 Å². The molecule has 0 atom stereocenters. The fourth-order valence-corrected chi connectivity index (χ4v) is 3.48. The maximum atomic E-state index is 11.2. The summed E-state index contributed by atoms with van der Waals surface area (Å²) in [5, 5.41) is 9.95. The highest BCUT2D eigenvalue weighted by atomic mass is 32.2. The molecule has 0 saturated heterocycles. The van der Waals surface area contributed by atoms with Gasteiger partial charge in [-0.1, -0.05) is 38.1 Å². The van der Waals surface area contributed by atoms with Gasteiger partial charge in [0, 0.05) is 11.3 Å². The molecule has 1 aromatic carbocycles. The molecule has 0 radical (unpaired) electrons. The van der Waals surface area contributed by atoms with Gasteiger partial charge >= 0.3 is 5.97 Å². The lowest BCUT2D eigenvalue weighted by atomic mass is 10.1. The second kappa shape index (κ2) is 6.90. The molecule has 0 amide bonds. The number of carboxylic acids is 1. The number of rotatable bonds is 6. The summed E-state index contributed by atoms with van der Waals surface area (Å²) in [5.74, 6) is 1.23. The first kappa shape index (κ1) is 15.1. The van der Waals surface area contributed by atoms with Crippen LogP contribution in [0.4, 0.5) is 0 Å². The Balaban J connectivity index is 2.25. The van der Waals surface area contributed by atoms with Crippen LogP contribution in [0.2, 0.25) is 0 Å². The topological polar surface area (TPSA) is 50.2 Å². The molecule has 106 valence electrons. The van der Waals surface area contributed by atoms with Crippen molar-refractivity contribution in [2.75, 3.05) is 5.75 Å². The zero-order valence-electron chi connectivity index (χ0n) is 11.5. The summed E-state index contributed by atoms with van der Waals surface area (Å²) in [6.07, 6.45) is 0.642. The third-order valence-corrected chi connectivity index (χ3v) is 4.98. The van der Waals surface area contributed by atoms with Crippen LogP contribution in [-0.2, 0) is 12.2 Å². The number of aromatic carboxylic acids is 1. The number of thioether (sulfide) groups is 1. The van der Waals surface area contributed by atoms with Gasteiger partial charge in [0.2, 0.25) is 0 Å². The summed E-state index contributed by atoms with van der Waals surface area (Å²) < 4.78 is 0. The molecule has 0 aliphatic rings. The first-order valence-electron chi connectivity index (χ1n) is 6.55. The van der Waals surface area contributed by atoms with Gasteiger partial charge in [-0.25, -0.2) is 9.78 Å². The van der Waals surface area contributed by atoms with E-state index >= 15 is 0 Å². The van der Waals surface area contributed by atoms with E-state index in [1.165, 1.54) is 16.9 Å². The van der Waals surface area contributed by atoms with Crippen LogP contribution in [-0.4, -0.2) is 21.8 Å². The van der Waals surface area contributed by atoms with Gasteiger partial charge in [0.15, 0.2) is 0 Å². The molecule has 1 aromatic heterocycles. The fraction of sp³-hybridized carbons (Fsp3) is 0.333. The number of carbonyl (C=O) groups is 1. The van der Waals surface area contributed by atoms with E-state index in [-0.39, 0.29) is 0 Å². The van der Waals surface area contributed by atoms with Gasteiger partial charge in [-0.15, -0.1) is 11.3 Å². The number of thiazole rings is 1. The number of hydrogen-bond acceptors (Lipinski definition) is 4. The Kier molecular flexibility index (Phi) is 5.20. The molecule has 5 heteroatoms. The minimum atomic E-state index is -0.887. The van der Waals surface area contributed by atoms with Crippen molar-refractivity contribution >= 4 is 29.1 Å². The van der Waals surface area contributed by atoms with Gasteiger partial charge in [0.05, 0.1) is 5.69 Å². The van der Waals surface area contributed by atoms with Gasteiger partial charge in [-0.3, -0.25) is 0 Å². The average molecular weight is 307 g/mol. The molecular weight excluding hydrogens is 290 g/mol. The normalized spacial score (nSPS) is 10.7. The van der Waals surface area contributed by atoms with Crippen LogP contribution >= 0.6 is 23.1 Å². The summed E-state index contributed by atoms with van der Waals surface area (Å²) >= 11 is 3.14. The Labute approximate surface area is 127 Å². The maximum absolute atomic E-state index is 11.2. The fourth-order valence-electron chi connectivity index (χ4n) is 1.85. The molecule has 0 unspecified atom stereocenters. The standard InChI is InChI=1S/C15H17NO2S2/c1-3-12-13(15(17)18)20-14(16-12)11-7-5-10(6-8-11)9-19-4-2/h5-8H,3-4,9H2,1-2H3,(H,17,18). The lowest BCUT2D eigenvalue weighted by Crippen LogP contribution is -1.97. The number of nitrogens with zero attached hydrogens (tertiary/aromatic N) is 1. The van der Waals surface area contributed by atoms with E-state index in [0.29, 0.717) is 17.0 Å². The van der Waals surface area contributed by atoms with Gasteiger partial charge in [0.1, 0.15) is 9.88 Å². The molecule has 0 spiro atoms. The summed E-state index contributed by atoms with van der Waals surface area (Å²) in [6, 6.07) is 8.22. The monoisotopic (exact) mass is 307 g/mol. The third kappa shape index (κ3) is 3.41. The van der Waals surface area contributed by atoms with Crippen molar-refractivity contribution in [3.8, 4) is 10.6 Å². The minimum absolute atomic E-state index is 0.355. The highest BCUT2D eigenvalue weighted by Gasteiger charge is 2.16. The smallest absolute Gasteiger partial charge is 0.347 e. The van der Waals surface area contributed by atoms with Crippen LogP contribution in [0.5, 0.6) is 0 Å². The molecule has 2 rings (SSSR count). The molecule has 1 N–H and O–H groups in total. The second-order valence-corrected chi connectivity index (χ2v) is 6.56. The maximum Gasteiger partial charge on any atom is 0.347 e. The van der Waals surface area contributed by atoms with Crippen molar-refractivity contribution in [1.29, 1.82) is 0 Å². The summed E-state index contributed by atoms with van der Waals surface area (Å²) in [6.45, 7) is 4.07. The van der Waals surface area contributed by atoms with Crippen molar-refractivity contribution < 1.29 is 9.90 Å². The Hall–Kier alpha value is -1.33.